The van der Waals surface area contributed by atoms with Gasteiger partial charge in [-0.3, -0.25) is 4.79 Å². The number of anilines is 2. The second-order valence-electron chi connectivity index (χ2n) is 4.89. The summed E-state index contributed by atoms with van der Waals surface area (Å²) in [4.78, 5) is 23.4. The molecule has 0 aliphatic rings. The van der Waals surface area contributed by atoms with Crippen LogP contribution in [0.25, 0.3) is 0 Å². The molecule has 2 aromatic rings. The Labute approximate surface area is 137 Å². The van der Waals surface area contributed by atoms with E-state index in [4.69, 9.17) is 0 Å². The van der Waals surface area contributed by atoms with Crippen molar-refractivity contribution < 1.29 is 23.1 Å². The lowest BCUT2D eigenvalue weighted by molar-refractivity contribution is -0.116. The van der Waals surface area contributed by atoms with Crippen molar-refractivity contribution in [3.8, 4) is 0 Å². The van der Waals surface area contributed by atoms with Gasteiger partial charge in [-0.05, 0) is 24.3 Å². The topological polar surface area (TPSA) is 67.4 Å². The summed E-state index contributed by atoms with van der Waals surface area (Å²) in [5.74, 6) is -2.49. The number of esters is 1. The van der Waals surface area contributed by atoms with Crippen LogP contribution in [0.1, 0.15) is 16.8 Å². The lowest BCUT2D eigenvalue weighted by Gasteiger charge is -2.11. The van der Waals surface area contributed by atoms with Gasteiger partial charge in [0.25, 0.3) is 0 Å². The summed E-state index contributed by atoms with van der Waals surface area (Å²) >= 11 is 0. The lowest BCUT2D eigenvalue weighted by atomic mass is 10.1. The molecule has 0 unspecified atom stereocenters. The maximum Gasteiger partial charge on any atom is 0.339 e. The standard InChI is InChI=1S/C17H16F2N2O3/c1-24-17(23)12-4-2-3-5-14(12)20-9-8-16(22)21-15-7-6-11(18)10-13(15)19/h2-7,10,20H,8-9H2,1H3,(H,21,22). The molecule has 0 heterocycles. The van der Waals surface area contributed by atoms with Crippen molar-refractivity contribution in [1.82, 2.24) is 0 Å². The highest BCUT2D eigenvalue weighted by molar-refractivity contribution is 5.95. The lowest BCUT2D eigenvalue weighted by Crippen LogP contribution is -2.18. The van der Waals surface area contributed by atoms with E-state index in [1.54, 1.807) is 24.3 Å². The Morgan fingerprint density at radius 3 is 2.54 bits per heavy atom. The normalized spacial score (nSPS) is 10.1. The van der Waals surface area contributed by atoms with Crippen LogP contribution in [0.3, 0.4) is 0 Å². The zero-order valence-electron chi connectivity index (χ0n) is 12.9. The molecule has 0 fully saturated rings. The third kappa shape index (κ3) is 4.52. The summed E-state index contributed by atoms with van der Waals surface area (Å²) in [6.45, 7) is 0.225. The molecule has 0 bridgehead atoms. The quantitative estimate of drug-likeness (QED) is 0.796. The van der Waals surface area contributed by atoms with Gasteiger partial charge in [-0.15, -0.1) is 0 Å². The van der Waals surface area contributed by atoms with E-state index < -0.39 is 23.5 Å². The van der Waals surface area contributed by atoms with Crippen LogP contribution < -0.4 is 10.6 Å². The number of methoxy groups -OCH3 is 1. The minimum atomic E-state index is -0.840. The Balaban J connectivity index is 1.90. The summed E-state index contributed by atoms with van der Waals surface area (Å²) in [5.41, 5.74) is 0.798. The Hall–Kier alpha value is -2.96. The van der Waals surface area contributed by atoms with Gasteiger partial charge in [-0.1, -0.05) is 12.1 Å². The van der Waals surface area contributed by atoms with Crippen molar-refractivity contribution in [1.29, 1.82) is 0 Å². The number of ether oxygens (including phenoxy) is 1. The molecule has 0 saturated carbocycles. The smallest absolute Gasteiger partial charge is 0.339 e. The fourth-order valence-electron chi connectivity index (χ4n) is 2.04. The SMILES string of the molecule is COC(=O)c1ccccc1NCCC(=O)Nc1ccc(F)cc1F. The average molecular weight is 334 g/mol. The van der Waals surface area contributed by atoms with Gasteiger partial charge in [-0.25, -0.2) is 13.6 Å². The zero-order valence-corrected chi connectivity index (χ0v) is 12.9. The number of para-hydroxylation sites is 1. The summed E-state index contributed by atoms with van der Waals surface area (Å²) in [6.07, 6.45) is 0.0341. The number of carbonyl (C=O) groups is 2. The van der Waals surface area contributed by atoms with E-state index in [2.05, 4.69) is 15.4 Å². The summed E-state index contributed by atoms with van der Waals surface area (Å²) in [7, 11) is 1.28. The van der Waals surface area contributed by atoms with Gasteiger partial charge < -0.3 is 15.4 Å². The van der Waals surface area contributed by atoms with Crippen molar-refractivity contribution in [2.24, 2.45) is 0 Å². The maximum absolute atomic E-state index is 13.5. The fourth-order valence-corrected chi connectivity index (χ4v) is 2.04. The first-order chi connectivity index (χ1) is 11.5. The summed E-state index contributed by atoms with van der Waals surface area (Å²) < 4.78 is 30.9. The Morgan fingerprint density at radius 1 is 1.08 bits per heavy atom. The average Bonchev–Trinajstić information content (AvgIpc) is 2.57. The Bertz CT molecular complexity index is 750. The molecule has 0 atom stereocenters. The van der Waals surface area contributed by atoms with Gasteiger partial charge in [0.1, 0.15) is 11.6 Å². The number of hydrogen-bond donors (Lipinski definition) is 2. The molecule has 24 heavy (non-hydrogen) atoms. The van der Waals surface area contributed by atoms with Crippen LogP contribution in [0.15, 0.2) is 42.5 Å². The summed E-state index contributed by atoms with van der Waals surface area (Å²) in [6, 6.07) is 9.63. The molecule has 1 amide bonds. The first-order valence-electron chi connectivity index (χ1n) is 7.17. The number of amides is 1. The molecule has 2 aromatic carbocycles. The zero-order chi connectivity index (χ0) is 17.5. The second kappa shape index (κ2) is 8.05. The molecule has 0 aromatic heterocycles. The molecule has 126 valence electrons. The molecule has 0 radical (unpaired) electrons. The van der Waals surface area contributed by atoms with Crippen LogP contribution in [-0.2, 0) is 9.53 Å². The van der Waals surface area contributed by atoms with Crippen LogP contribution in [0.4, 0.5) is 20.2 Å². The van der Waals surface area contributed by atoms with Crippen molar-refractivity contribution in [2.75, 3.05) is 24.3 Å². The van der Waals surface area contributed by atoms with E-state index in [0.29, 0.717) is 17.3 Å². The Morgan fingerprint density at radius 2 is 1.83 bits per heavy atom. The number of halogens is 2. The van der Waals surface area contributed by atoms with E-state index in [1.165, 1.54) is 7.11 Å². The minimum absolute atomic E-state index is 0.0341. The van der Waals surface area contributed by atoms with Gasteiger partial charge in [0.15, 0.2) is 0 Å². The van der Waals surface area contributed by atoms with Gasteiger partial charge in [0.05, 0.1) is 18.4 Å². The van der Waals surface area contributed by atoms with Gasteiger partial charge in [0.2, 0.25) is 5.91 Å². The number of carbonyl (C=O) groups excluding carboxylic acids is 2. The van der Waals surface area contributed by atoms with Crippen LogP contribution in [0.5, 0.6) is 0 Å². The van der Waals surface area contributed by atoms with Crippen molar-refractivity contribution in [2.45, 2.75) is 6.42 Å². The molecule has 0 aliphatic carbocycles. The van der Waals surface area contributed by atoms with Gasteiger partial charge in [-0.2, -0.15) is 0 Å². The van der Waals surface area contributed by atoms with Gasteiger partial charge in [0, 0.05) is 24.7 Å². The number of hydrogen-bond acceptors (Lipinski definition) is 4. The Kier molecular flexibility index (Phi) is 5.83. The highest BCUT2D eigenvalue weighted by Crippen LogP contribution is 2.17. The third-order valence-electron chi connectivity index (χ3n) is 3.21. The van der Waals surface area contributed by atoms with E-state index in [0.717, 1.165) is 12.1 Å². The van der Waals surface area contributed by atoms with Crippen LogP contribution in [0, 0.1) is 11.6 Å². The predicted octanol–water partition coefficient (Wildman–Crippen LogP) is 3.19. The third-order valence-corrected chi connectivity index (χ3v) is 3.21. The molecule has 0 aliphatic heterocycles. The van der Waals surface area contributed by atoms with Crippen molar-refractivity contribution in [3.05, 3.63) is 59.7 Å². The molecular formula is C17H16F2N2O3. The first-order valence-corrected chi connectivity index (χ1v) is 7.17. The molecule has 5 nitrogen and oxygen atoms in total. The fraction of sp³-hybridized carbons (Fsp3) is 0.176. The molecule has 0 spiro atoms. The highest BCUT2D eigenvalue weighted by atomic mass is 19.1. The molecular weight excluding hydrogens is 318 g/mol. The minimum Gasteiger partial charge on any atom is -0.465 e. The number of benzene rings is 2. The monoisotopic (exact) mass is 334 g/mol. The van der Waals surface area contributed by atoms with Crippen LogP contribution in [0.2, 0.25) is 0 Å². The van der Waals surface area contributed by atoms with Gasteiger partial charge >= 0.3 is 5.97 Å². The van der Waals surface area contributed by atoms with Crippen LogP contribution in [-0.4, -0.2) is 25.5 Å². The second-order valence-corrected chi connectivity index (χ2v) is 4.89. The predicted molar refractivity (Wildman–Crippen MR) is 85.9 cm³/mol. The van der Waals surface area contributed by atoms with E-state index in [9.17, 15) is 18.4 Å². The molecule has 2 N–H and O–H groups in total. The maximum atomic E-state index is 13.5. The van der Waals surface area contributed by atoms with Crippen molar-refractivity contribution >= 4 is 23.3 Å². The van der Waals surface area contributed by atoms with Crippen molar-refractivity contribution in [3.63, 3.8) is 0 Å². The first kappa shape index (κ1) is 17.4. The van der Waals surface area contributed by atoms with E-state index in [1.807, 2.05) is 0 Å². The van der Waals surface area contributed by atoms with E-state index in [-0.39, 0.29) is 18.7 Å². The molecule has 7 heteroatoms. The molecule has 2 rings (SSSR count). The summed E-state index contributed by atoms with van der Waals surface area (Å²) in [5, 5.41) is 5.31. The largest absolute Gasteiger partial charge is 0.465 e. The number of nitrogens with one attached hydrogen (secondary N) is 2. The highest BCUT2D eigenvalue weighted by Gasteiger charge is 2.11. The van der Waals surface area contributed by atoms with Crippen LogP contribution >= 0.6 is 0 Å². The van der Waals surface area contributed by atoms with E-state index >= 15 is 0 Å². The number of rotatable bonds is 6. The molecule has 0 saturated heterocycles.